The molecule has 0 saturated carbocycles. The largest absolute Gasteiger partial charge is 0.396 e. The molecule has 104 valence electrons. The fourth-order valence-corrected chi connectivity index (χ4v) is 1.99. The molecule has 0 aromatic carbocycles. The number of nitrogens with zero attached hydrogens (tertiary/aromatic N) is 2. The molecular formula is C12H18N4O3. The van der Waals surface area contributed by atoms with Gasteiger partial charge >= 0.3 is 6.03 Å². The predicted molar refractivity (Wildman–Crippen MR) is 68.6 cm³/mol. The summed E-state index contributed by atoms with van der Waals surface area (Å²) in [4.78, 5) is 19.5. The maximum Gasteiger partial charge on any atom is 0.320 e. The summed E-state index contributed by atoms with van der Waals surface area (Å²) in [7, 11) is 0. The lowest BCUT2D eigenvalue weighted by Crippen LogP contribution is -2.44. The molecule has 3 N–H and O–H groups in total. The Kier molecular flexibility index (Phi) is 4.64. The number of anilines is 1. The number of hydrogen-bond donors (Lipinski definition) is 3. The van der Waals surface area contributed by atoms with Crippen molar-refractivity contribution in [2.75, 3.05) is 31.7 Å². The molecule has 1 aliphatic rings. The Morgan fingerprint density at radius 1 is 1.42 bits per heavy atom. The van der Waals surface area contributed by atoms with Gasteiger partial charge in [0, 0.05) is 37.6 Å². The van der Waals surface area contributed by atoms with Crippen LogP contribution in [0.4, 0.5) is 10.6 Å². The van der Waals surface area contributed by atoms with E-state index in [9.17, 15) is 9.90 Å². The van der Waals surface area contributed by atoms with Gasteiger partial charge in [-0.2, -0.15) is 0 Å². The molecule has 1 aromatic rings. The standard InChI is InChI=1S/C12H18N4O3/c17-9-12(1-5-19-6-2-12)8-15-11(18)16-10-7-13-3-4-14-10/h3-4,7,17H,1-2,5-6,8-9H2,(H2,14,15,16,18). The first kappa shape index (κ1) is 13.7. The second kappa shape index (κ2) is 6.44. The maximum absolute atomic E-state index is 11.7. The number of carbonyl (C=O) groups excluding carboxylic acids is 1. The molecule has 19 heavy (non-hydrogen) atoms. The van der Waals surface area contributed by atoms with Gasteiger partial charge in [0.05, 0.1) is 12.8 Å². The molecule has 7 heteroatoms. The highest BCUT2D eigenvalue weighted by molar-refractivity contribution is 5.87. The third-order valence-corrected chi connectivity index (χ3v) is 3.32. The van der Waals surface area contributed by atoms with Crippen LogP contribution < -0.4 is 10.6 Å². The van der Waals surface area contributed by atoms with Crippen LogP contribution in [0.3, 0.4) is 0 Å². The maximum atomic E-state index is 11.7. The number of carbonyl (C=O) groups is 1. The molecule has 1 aromatic heterocycles. The van der Waals surface area contributed by atoms with E-state index in [-0.39, 0.29) is 18.1 Å². The first-order valence-electron chi connectivity index (χ1n) is 6.24. The van der Waals surface area contributed by atoms with Gasteiger partial charge in [0.1, 0.15) is 0 Å². The van der Waals surface area contributed by atoms with Crippen molar-refractivity contribution >= 4 is 11.8 Å². The fraction of sp³-hybridized carbons (Fsp3) is 0.583. The van der Waals surface area contributed by atoms with E-state index in [0.29, 0.717) is 25.6 Å². The van der Waals surface area contributed by atoms with Gasteiger partial charge in [-0.15, -0.1) is 0 Å². The lowest BCUT2D eigenvalue weighted by Gasteiger charge is -2.35. The van der Waals surface area contributed by atoms with E-state index < -0.39 is 0 Å². The minimum Gasteiger partial charge on any atom is -0.396 e. The monoisotopic (exact) mass is 266 g/mol. The van der Waals surface area contributed by atoms with Crippen LogP contribution in [0.2, 0.25) is 0 Å². The summed E-state index contributed by atoms with van der Waals surface area (Å²) in [5, 5.41) is 14.8. The summed E-state index contributed by atoms with van der Waals surface area (Å²) in [6.07, 6.45) is 5.99. The average molecular weight is 266 g/mol. The van der Waals surface area contributed by atoms with Crippen molar-refractivity contribution in [3.05, 3.63) is 18.6 Å². The zero-order valence-corrected chi connectivity index (χ0v) is 10.6. The summed E-state index contributed by atoms with van der Waals surface area (Å²) in [6.45, 7) is 1.70. The van der Waals surface area contributed by atoms with Crippen LogP contribution >= 0.6 is 0 Å². The van der Waals surface area contributed by atoms with Gasteiger partial charge in [0.2, 0.25) is 0 Å². The Morgan fingerprint density at radius 3 is 2.84 bits per heavy atom. The van der Waals surface area contributed by atoms with Crippen molar-refractivity contribution in [3.8, 4) is 0 Å². The van der Waals surface area contributed by atoms with Gasteiger partial charge in [0.15, 0.2) is 5.82 Å². The van der Waals surface area contributed by atoms with Crippen molar-refractivity contribution in [3.63, 3.8) is 0 Å². The lowest BCUT2D eigenvalue weighted by molar-refractivity contribution is -0.0136. The fourth-order valence-electron chi connectivity index (χ4n) is 1.99. The molecule has 0 aliphatic carbocycles. The zero-order valence-electron chi connectivity index (χ0n) is 10.6. The van der Waals surface area contributed by atoms with Gasteiger partial charge in [-0.25, -0.2) is 9.78 Å². The summed E-state index contributed by atoms with van der Waals surface area (Å²) in [6, 6.07) is -0.347. The van der Waals surface area contributed by atoms with Crippen LogP contribution in [-0.2, 0) is 4.74 Å². The number of rotatable bonds is 4. The third-order valence-electron chi connectivity index (χ3n) is 3.32. The summed E-state index contributed by atoms with van der Waals surface area (Å²) in [5.74, 6) is 0.394. The van der Waals surface area contributed by atoms with Crippen molar-refractivity contribution < 1.29 is 14.6 Å². The highest BCUT2D eigenvalue weighted by atomic mass is 16.5. The van der Waals surface area contributed by atoms with Crippen molar-refractivity contribution in [1.29, 1.82) is 0 Å². The lowest BCUT2D eigenvalue weighted by atomic mass is 9.81. The molecule has 2 amide bonds. The Hall–Kier alpha value is -1.73. The second-order valence-corrected chi connectivity index (χ2v) is 4.67. The highest BCUT2D eigenvalue weighted by Crippen LogP contribution is 2.28. The molecule has 0 spiro atoms. The number of aliphatic hydroxyl groups is 1. The van der Waals surface area contributed by atoms with Crippen LogP contribution in [-0.4, -0.2) is 47.5 Å². The molecule has 0 atom stereocenters. The molecule has 1 fully saturated rings. The number of aromatic nitrogens is 2. The van der Waals surface area contributed by atoms with Crippen LogP contribution in [0.25, 0.3) is 0 Å². The van der Waals surface area contributed by atoms with E-state index in [2.05, 4.69) is 20.6 Å². The molecule has 2 heterocycles. The molecule has 0 bridgehead atoms. The number of nitrogens with one attached hydrogen (secondary N) is 2. The summed E-state index contributed by atoms with van der Waals surface area (Å²) in [5.41, 5.74) is -0.280. The van der Waals surface area contributed by atoms with E-state index in [1.807, 2.05) is 0 Å². The zero-order chi connectivity index (χ0) is 13.6. The van der Waals surface area contributed by atoms with Gasteiger partial charge in [-0.1, -0.05) is 0 Å². The third kappa shape index (κ3) is 3.87. The van der Waals surface area contributed by atoms with Crippen LogP contribution in [0.5, 0.6) is 0 Å². The highest BCUT2D eigenvalue weighted by Gasteiger charge is 2.32. The molecule has 1 aliphatic heterocycles. The molecule has 7 nitrogen and oxygen atoms in total. The smallest absolute Gasteiger partial charge is 0.320 e. The minimum atomic E-state index is -0.347. The number of hydrogen-bond acceptors (Lipinski definition) is 5. The topological polar surface area (TPSA) is 96.4 Å². The van der Waals surface area contributed by atoms with E-state index in [1.165, 1.54) is 18.6 Å². The van der Waals surface area contributed by atoms with Crippen LogP contribution in [0.1, 0.15) is 12.8 Å². The van der Waals surface area contributed by atoms with E-state index >= 15 is 0 Å². The number of amides is 2. The van der Waals surface area contributed by atoms with Gasteiger partial charge < -0.3 is 15.2 Å². The SMILES string of the molecule is O=C(NCC1(CO)CCOCC1)Nc1cnccn1. The Balaban J connectivity index is 1.82. The average Bonchev–Trinajstić information content (AvgIpc) is 2.47. The van der Waals surface area contributed by atoms with Gasteiger partial charge in [-0.05, 0) is 12.8 Å². The van der Waals surface area contributed by atoms with Gasteiger partial charge in [0.25, 0.3) is 0 Å². The molecule has 0 radical (unpaired) electrons. The van der Waals surface area contributed by atoms with E-state index in [4.69, 9.17) is 4.74 Å². The quantitative estimate of drug-likeness (QED) is 0.732. The van der Waals surface area contributed by atoms with Crippen LogP contribution in [0.15, 0.2) is 18.6 Å². The number of aliphatic hydroxyl groups excluding tert-OH is 1. The minimum absolute atomic E-state index is 0.0434. The van der Waals surface area contributed by atoms with Crippen molar-refractivity contribution in [2.24, 2.45) is 5.41 Å². The Morgan fingerprint density at radius 2 is 2.21 bits per heavy atom. The first-order chi connectivity index (χ1) is 9.24. The number of urea groups is 1. The molecule has 2 rings (SSSR count). The first-order valence-corrected chi connectivity index (χ1v) is 6.24. The molecule has 0 unspecified atom stereocenters. The normalized spacial score (nSPS) is 17.7. The Labute approximate surface area is 111 Å². The number of ether oxygens (including phenoxy) is 1. The molecule has 1 saturated heterocycles. The van der Waals surface area contributed by atoms with Crippen LogP contribution in [0, 0.1) is 5.41 Å². The van der Waals surface area contributed by atoms with E-state index in [0.717, 1.165) is 12.8 Å². The van der Waals surface area contributed by atoms with Gasteiger partial charge in [-0.3, -0.25) is 10.3 Å². The molecular weight excluding hydrogens is 248 g/mol. The van der Waals surface area contributed by atoms with Crippen molar-refractivity contribution in [1.82, 2.24) is 15.3 Å². The second-order valence-electron chi connectivity index (χ2n) is 4.67. The summed E-state index contributed by atoms with van der Waals surface area (Å²) >= 11 is 0. The Bertz CT molecular complexity index is 407. The van der Waals surface area contributed by atoms with Crippen molar-refractivity contribution in [2.45, 2.75) is 12.8 Å². The summed E-state index contributed by atoms with van der Waals surface area (Å²) < 4.78 is 5.27. The van der Waals surface area contributed by atoms with E-state index in [1.54, 1.807) is 0 Å². The predicted octanol–water partition coefficient (Wildman–Crippen LogP) is 0.387.